The normalized spacial score (nSPS) is 20.6. The lowest BCUT2D eigenvalue weighted by atomic mass is 10.1. The molecule has 1 heterocycles. The maximum Gasteiger partial charge on any atom is 0.232 e. The Hall–Kier alpha value is -1.16. The first-order valence-corrected chi connectivity index (χ1v) is 5.96. The Kier molecular flexibility index (Phi) is 3.10. The third-order valence-corrected chi connectivity index (χ3v) is 3.19. The van der Waals surface area contributed by atoms with E-state index in [1.807, 2.05) is 24.3 Å². The first-order valence-electron chi connectivity index (χ1n) is 5.16. The molecule has 0 saturated carbocycles. The third kappa shape index (κ3) is 2.16. The van der Waals surface area contributed by atoms with Crippen LogP contribution in [0.1, 0.15) is 18.9 Å². The molecule has 0 N–H and O–H groups in total. The summed E-state index contributed by atoms with van der Waals surface area (Å²) < 4.78 is 0.956. The molecule has 1 unspecified atom stereocenters. The van der Waals surface area contributed by atoms with Crippen molar-refractivity contribution in [1.29, 1.82) is 0 Å². The zero-order valence-corrected chi connectivity index (χ0v) is 10.5. The van der Waals surface area contributed by atoms with Gasteiger partial charge in [-0.2, -0.15) is 0 Å². The highest BCUT2D eigenvalue weighted by molar-refractivity contribution is 9.10. The van der Waals surface area contributed by atoms with E-state index < -0.39 is 0 Å². The van der Waals surface area contributed by atoms with E-state index in [2.05, 4.69) is 15.9 Å². The van der Waals surface area contributed by atoms with Crippen molar-refractivity contribution < 1.29 is 9.59 Å². The van der Waals surface area contributed by atoms with Gasteiger partial charge in [0.05, 0.1) is 6.54 Å². The average molecular weight is 282 g/mol. The Bertz CT molecular complexity index is 444. The molecule has 0 aliphatic carbocycles. The molecule has 1 aromatic carbocycles. The Morgan fingerprint density at radius 1 is 1.44 bits per heavy atom. The van der Waals surface area contributed by atoms with Gasteiger partial charge in [0, 0.05) is 16.8 Å². The zero-order valence-electron chi connectivity index (χ0n) is 8.94. The minimum atomic E-state index is -0.167. The maximum absolute atomic E-state index is 11.7. The van der Waals surface area contributed by atoms with Crippen LogP contribution in [-0.4, -0.2) is 16.7 Å². The number of halogens is 1. The monoisotopic (exact) mass is 281 g/mol. The number of carbonyl (C=O) groups excluding carboxylic acids is 2. The molecule has 1 aliphatic heterocycles. The molecule has 3 nitrogen and oxygen atoms in total. The van der Waals surface area contributed by atoms with Crippen molar-refractivity contribution >= 4 is 27.7 Å². The van der Waals surface area contributed by atoms with E-state index in [-0.39, 0.29) is 17.7 Å². The number of hydrogen-bond acceptors (Lipinski definition) is 2. The molecule has 1 aromatic rings. The van der Waals surface area contributed by atoms with Crippen LogP contribution in [0.4, 0.5) is 0 Å². The number of benzene rings is 1. The summed E-state index contributed by atoms with van der Waals surface area (Å²) in [5.41, 5.74) is 0.963. The van der Waals surface area contributed by atoms with Gasteiger partial charge in [0.2, 0.25) is 11.8 Å². The van der Waals surface area contributed by atoms with Crippen LogP contribution in [0.25, 0.3) is 0 Å². The maximum atomic E-state index is 11.7. The molecule has 2 rings (SSSR count). The fourth-order valence-corrected chi connectivity index (χ4v) is 2.28. The van der Waals surface area contributed by atoms with Crippen LogP contribution in [-0.2, 0) is 16.1 Å². The van der Waals surface area contributed by atoms with E-state index >= 15 is 0 Å². The van der Waals surface area contributed by atoms with E-state index in [0.29, 0.717) is 13.0 Å². The van der Waals surface area contributed by atoms with E-state index in [1.165, 1.54) is 4.90 Å². The molecule has 0 aromatic heterocycles. The Balaban J connectivity index is 2.16. The van der Waals surface area contributed by atoms with E-state index in [9.17, 15) is 9.59 Å². The van der Waals surface area contributed by atoms with Gasteiger partial charge in [-0.15, -0.1) is 0 Å². The van der Waals surface area contributed by atoms with Gasteiger partial charge in [0.1, 0.15) is 0 Å². The van der Waals surface area contributed by atoms with E-state index in [1.54, 1.807) is 6.92 Å². The van der Waals surface area contributed by atoms with Crippen molar-refractivity contribution in [2.45, 2.75) is 19.9 Å². The summed E-state index contributed by atoms with van der Waals surface area (Å²) in [4.78, 5) is 24.6. The second-order valence-corrected chi connectivity index (χ2v) is 4.97. The summed E-state index contributed by atoms with van der Waals surface area (Å²) in [5, 5.41) is 0. The lowest BCUT2D eigenvalue weighted by molar-refractivity contribution is -0.139. The summed E-state index contributed by atoms with van der Waals surface area (Å²) in [6.07, 6.45) is 0.340. The summed E-state index contributed by atoms with van der Waals surface area (Å²) in [6, 6.07) is 7.64. The van der Waals surface area contributed by atoms with E-state index in [0.717, 1.165) is 10.0 Å². The SMILES string of the molecule is CC1CC(=O)N(Cc2cccc(Br)c2)C1=O. The van der Waals surface area contributed by atoms with Crippen LogP contribution < -0.4 is 0 Å². The predicted octanol–water partition coefficient (Wildman–Crippen LogP) is 2.34. The molecule has 1 atom stereocenters. The van der Waals surface area contributed by atoms with Crippen LogP contribution >= 0.6 is 15.9 Å². The molecule has 16 heavy (non-hydrogen) atoms. The van der Waals surface area contributed by atoms with Gasteiger partial charge in [0.15, 0.2) is 0 Å². The summed E-state index contributed by atoms with van der Waals surface area (Å²) in [6.45, 7) is 2.17. The highest BCUT2D eigenvalue weighted by atomic mass is 79.9. The highest BCUT2D eigenvalue weighted by Crippen LogP contribution is 2.22. The molecule has 0 radical (unpaired) electrons. The number of amides is 2. The molecular weight excluding hydrogens is 270 g/mol. The number of carbonyl (C=O) groups is 2. The minimum absolute atomic E-state index is 0.0648. The minimum Gasteiger partial charge on any atom is -0.278 e. The first kappa shape index (κ1) is 11.3. The second kappa shape index (κ2) is 4.37. The van der Waals surface area contributed by atoms with Gasteiger partial charge in [0.25, 0.3) is 0 Å². The molecule has 4 heteroatoms. The fraction of sp³-hybridized carbons (Fsp3) is 0.333. The fourth-order valence-electron chi connectivity index (χ4n) is 1.83. The molecule has 1 fully saturated rings. The first-order chi connectivity index (χ1) is 7.58. The van der Waals surface area contributed by atoms with Crippen molar-refractivity contribution in [3.63, 3.8) is 0 Å². The van der Waals surface area contributed by atoms with Gasteiger partial charge < -0.3 is 0 Å². The topological polar surface area (TPSA) is 37.4 Å². The zero-order chi connectivity index (χ0) is 11.7. The average Bonchev–Trinajstić information content (AvgIpc) is 2.45. The third-order valence-electron chi connectivity index (χ3n) is 2.70. The van der Waals surface area contributed by atoms with Gasteiger partial charge in [-0.25, -0.2) is 0 Å². The molecular formula is C12H12BrNO2. The molecule has 84 valence electrons. The van der Waals surface area contributed by atoms with Crippen LogP contribution in [0.5, 0.6) is 0 Å². The standard InChI is InChI=1S/C12H12BrNO2/c1-8-5-11(15)14(12(8)16)7-9-3-2-4-10(13)6-9/h2-4,6,8H,5,7H2,1H3. The molecule has 0 spiro atoms. The van der Waals surface area contributed by atoms with E-state index in [4.69, 9.17) is 0 Å². The van der Waals surface area contributed by atoms with Gasteiger partial charge >= 0.3 is 0 Å². The smallest absolute Gasteiger partial charge is 0.232 e. The van der Waals surface area contributed by atoms with Crippen molar-refractivity contribution in [2.75, 3.05) is 0 Å². The Labute approximate surface area is 103 Å². The van der Waals surface area contributed by atoms with Crippen LogP contribution in [0.15, 0.2) is 28.7 Å². The predicted molar refractivity (Wildman–Crippen MR) is 63.5 cm³/mol. The van der Waals surface area contributed by atoms with Crippen LogP contribution in [0.3, 0.4) is 0 Å². The number of hydrogen-bond donors (Lipinski definition) is 0. The van der Waals surface area contributed by atoms with Crippen LogP contribution in [0.2, 0.25) is 0 Å². The number of nitrogens with zero attached hydrogens (tertiary/aromatic N) is 1. The lowest BCUT2D eigenvalue weighted by Crippen LogP contribution is -2.29. The van der Waals surface area contributed by atoms with Crippen molar-refractivity contribution in [3.05, 3.63) is 34.3 Å². The molecule has 1 aliphatic rings. The molecule has 0 bridgehead atoms. The summed E-state index contributed by atoms with van der Waals surface area (Å²) in [5.74, 6) is -0.304. The number of rotatable bonds is 2. The molecule has 1 saturated heterocycles. The lowest BCUT2D eigenvalue weighted by Gasteiger charge is -2.14. The second-order valence-electron chi connectivity index (χ2n) is 4.05. The highest BCUT2D eigenvalue weighted by Gasteiger charge is 2.35. The summed E-state index contributed by atoms with van der Waals surface area (Å²) >= 11 is 3.37. The quantitative estimate of drug-likeness (QED) is 0.781. The molecule has 2 amide bonds. The van der Waals surface area contributed by atoms with Crippen LogP contribution in [0, 0.1) is 5.92 Å². The van der Waals surface area contributed by atoms with Crippen molar-refractivity contribution in [3.8, 4) is 0 Å². The number of imide groups is 1. The van der Waals surface area contributed by atoms with Gasteiger partial charge in [-0.05, 0) is 17.7 Å². The van der Waals surface area contributed by atoms with Crippen molar-refractivity contribution in [2.24, 2.45) is 5.92 Å². The Morgan fingerprint density at radius 3 is 2.75 bits per heavy atom. The largest absolute Gasteiger partial charge is 0.278 e. The van der Waals surface area contributed by atoms with Gasteiger partial charge in [-0.3, -0.25) is 14.5 Å². The number of likely N-dealkylation sites (tertiary alicyclic amines) is 1. The Morgan fingerprint density at radius 2 is 2.19 bits per heavy atom. The van der Waals surface area contributed by atoms with Gasteiger partial charge in [-0.1, -0.05) is 35.0 Å². The van der Waals surface area contributed by atoms with Crippen molar-refractivity contribution in [1.82, 2.24) is 4.90 Å². The summed E-state index contributed by atoms with van der Waals surface area (Å²) in [7, 11) is 0.